The number of benzene rings is 1. The Morgan fingerprint density at radius 1 is 1.32 bits per heavy atom. The molecule has 3 rings (SSSR count). The van der Waals surface area contributed by atoms with Gasteiger partial charge in [-0.1, -0.05) is 12.1 Å². The summed E-state index contributed by atoms with van der Waals surface area (Å²) in [7, 11) is 3.47. The topological polar surface area (TPSA) is 79.3 Å². The van der Waals surface area contributed by atoms with Gasteiger partial charge in [-0.25, -0.2) is 0 Å². The molecule has 1 aromatic heterocycles. The fraction of sp³-hybridized carbons (Fsp3) is 0.389. The zero-order valence-corrected chi connectivity index (χ0v) is 14.5. The highest BCUT2D eigenvalue weighted by Gasteiger charge is 2.30. The Hall–Kier alpha value is -2.83. The number of amides is 2. The molecule has 0 aliphatic carbocycles. The smallest absolute Gasteiger partial charge is 0.249 e. The Bertz CT molecular complexity index is 753. The number of carbonyl (C=O) groups excluding carboxylic acids is 2. The molecule has 25 heavy (non-hydrogen) atoms. The average molecular weight is 341 g/mol. The predicted octanol–water partition coefficient (Wildman–Crippen LogP) is 1.32. The average Bonchev–Trinajstić information content (AvgIpc) is 3.04. The Morgan fingerprint density at radius 2 is 2.08 bits per heavy atom. The number of nitrogens with zero attached hydrogens (tertiary/aromatic N) is 3. The highest BCUT2D eigenvalue weighted by Crippen LogP contribution is 2.23. The van der Waals surface area contributed by atoms with Gasteiger partial charge in [0.1, 0.15) is 6.04 Å². The van der Waals surface area contributed by atoms with Gasteiger partial charge in [0.05, 0.1) is 18.3 Å². The number of anilines is 2. The number of likely N-dealkylation sites (N-methyl/N-ethyl adjacent to an activating group) is 1. The molecule has 2 amide bonds. The van der Waals surface area contributed by atoms with Crippen LogP contribution in [0.3, 0.4) is 0 Å². The molecule has 2 N–H and O–H groups in total. The van der Waals surface area contributed by atoms with Crippen molar-refractivity contribution in [2.75, 3.05) is 23.8 Å². The van der Waals surface area contributed by atoms with Gasteiger partial charge in [-0.15, -0.1) is 0 Å². The lowest BCUT2D eigenvalue weighted by Gasteiger charge is -2.32. The number of hydrogen-bond donors (Lipinski definition) is 2. The minimum Gasteiger partial charge on any atom is -0.374 e. The standard InChI is InChI=1S/C18H23N5O2/c1-19-17(24)10-13-5-7-14(8-6-13)21-16-4-3-9-23(18(16)25)15-11-20-22(2)12-15/h5-8,11-12,16,21H,3-4,9-10H2,1-2H3,(H,19,24). The molecule has 0 radical (unpaired) electrons. The van der Waals surface area contributed by atoms with Gasteiger partial charge >= 0.3 is 0 Å². The fourth-order valence-corrected chi connectivity index (χ4v) is 3.01. The zero-order valence-electron chi connectivity index (χ0n) is 14.5. The third-order valence-electron chi connectivity index (χ3n) is 4.38. The normalized spacial score (nSPS) is 17.4. The van der Waals surface area contributed by atoms with Crippen LogP contribution in [-0.2, 0) is 23.1 Å². The second-order valence-electron chi connectivity index (χ2n) is 6.25. The van der Waals surface area contributed by atoms with Gasteiger partial charge in [0.2, 0.25) is 11.8 Å². The van der Waals surface area contributed by atoms with Crippen molar-refractivity contribution in [2.45, 2.75) is 25.3 Å². The van der Waals surface area contributed by atoms with Gasteiger partial charge in [0.25, 0.3) is 0 Å². The summed E-state index contributed by atoms with van der Waals surface area (Å²) >= 11 is 0. The fourth-order valence-electron chi connectivity index (χ4n) is 3.01. The molecule has 1 atom stereocenters. The summed E-state index contributed by atoms with van der Waals surface area (Å²) in [6.07, 6.45) is 5.66. The lowest BCUT2D eigenvalue weighted by atomic mass is 10.0. The first kappa shape index (κ1) is 17.0. The molecule has 1 unspecified atom stereocenters. The second-order valence-corrected chi connectivity index (χ2v) is 6.25. The highest BCUT2D eigenvalue weighted by molar-refractivity contribution is 5.99. The maximum atomic E-state index is 12.8. The number of aromatic nitrogens is 2. The summed E-state index contributed by atoms with van der Waals surface area (Å²) in [4.78, 5) is 26.0. The molecule has 132 valence electrons. The third-order valence-corrected chi connectivity index (χ3v) is 4.38. The Morgan fingerprint density at radius 3 is 2.72 bits per heavy atom. The van der Waals surface area contributed by atoms with Crippen LogP contribution in [0.2, 0.25) is 0 Å². The van der Waals surface area contributed by atoms with E-state index in [1.807, 2.05) is 37.5 Å². The van der Waals surface area contributed by atoms with Gasteiger partial charge < -0.3 is 15.5 Å². The number of hydrogen-bond acceptors (Lipinski definition) is 4. The Labute approximate surface area is 147 Å². The van der Waals surface area contributed by atoms with E-state index in [9.17, 15) is 9.59 Å². The van der Waals surface area contributed by atoms with Crippen molar-refractivity contribution >= 4 is 23.2 Å². The minimum atomic E-state index is -0.251. The van der Waals surface area contributed by atoms with Crippen molar-refractivity contribution < 1.29 is 9.59 Å². The van der Waals surface area contributed by atoms with Crippen LogP contribution in [0.5, 0.6) is 0 Å². The molecule has 1 aromatic carbocycles. The molecule has 1 saturated heterocycles. The summed E-state index contributed by atoms with van der Waals surface area (Å²) in [6, 6.07) is 7.38. The summed E-state index contributed by atoms with van der Waals surface area (Å²) in [5.74, 6) is 0.0453. The van der Waals surface area contributed by atoms with Gasteiger partial charge in [-0.2, -0.15) is 5.10 Å². The van der Waals surface area contributed by atoms with Crippen molar-refractivity contribution in [3.8, 4) is 0 Å². The van der Waals surface area contributed by atoms with E-state index in [0.29, 0.717) is 13.0 Å². The maximum Gasteiger partial charge on any atom is 0.249 e. The van der Waals surface area contributed by atoms with E-state index in [4.69, 9.17) is 0 Å². The first-order chi connectivity index (χ1) is 12.1. The lowest BCUT2D eigenvalue weighted by molar-refractivity contribution is -0.121. The van der Waals surface area contributed by atoms with Crippen LogP contribution in [-0.4, -0.2) is 41.2 Å². The van der Waals surface area contributed by atoms with E-state index >= 15 is 0 Å². The number of piperidine rings is 1. The molecule has 1 aliphatic rings. The van der Waals surface area contributed by atoms with Gasteiger partial charge in [0, 0.05) is 32.5 Å². The van der Waals surface area contributed by atoms with E-state index < -0.39 is 0 Å². The first-order valence-electron chi connectivity index (χ1n) is 8.43. The number of nitrogens with one attached hydrogen (secondary N) is 2. The predicted molar refractivity (Wildman–Crippen MR) is 96.4 cm³/mol. The number of carbonyl (C=O) groups is 2. The van der Waals surface area contributed by atoms with E-state index in [1.54, 1.807) is 22.8 Å². The molecule has 0 spiro atoms. The second kappa shape index (κ2) is 7.38. The molecule has 0 bridgehead atoms. The SMILES string of the molecule is CNC(=O)Cc1ccc(NC2CCCN(c3cnn(C)c3)C2=O)cc1. The molecular weight excluding hydrogens is 318 g/mol. The first-order valence-corrected chi connectivity index (χ1v) is 8.43. The van der Waals surface area contributed by atoms with Crippen LogP contribution in [0.1, 0.15) is 18.4 Å². The molecule has 7 nitrogen and oxygen atoms in total. The van der Waals surface area contributed by atoms with Crippen molar-refractivity contribution in [3.63, 3.8) is 0 Å². The van der Waals surface area contributed by atoms with Crippen molar-refractivity contribution in [3.05, 3.63) is 42.2 Å². The van der Waals surface area contributed by atoms with E-state index in [1.165, 1.54) is 0 Å². The monoisotopic (exact) mass is 341 g/mol. The van der Waals surface area contributed by atoms with Crippen molar-refractivity contribution in [1.82, 2.24) is 15.1 Å². The molecule has 2 heterocycles. The van der Waals surface area contributed by atoms with Crippen LogP contribution in [0, 0.1) is 0 Å². The maximum absolute atomic E-state index is 12.8. The van der Waals surface area contributed by atoms with Gasteiger partial charge in [-0.05, 0) is 30.5 Å². The van der Waals surface area contributed by atoms with Crippen molar-refractivity contribution in [2.24, 2.45) is 7.05 Å². The summed E-state index contributed by atoms with van der Waals surface area (Å²) < 4.78 is 1.70. The molecular formula is C18H23N5O2. The summed E-state index contributed by atoms with van der Waals surface area (Å²) in [6.45, 7) is 0.716. The van der Waals surface area contributed by atoms with Crippen LogP contribution >= 0.6 is 0 Å². The molecule has 1 aliphatic heterocycles. The molecule has 0 saturated carbocycles. The highest BCUT2D eigenvalue weighted by atomic mass is 16.2. The van der Waals surface area contributed by atoms with Crippen LogP contribution in [0.15, 0.2) is 36.7 Å². The molecule has 1 fully saturated rings. The van der Waals surface area contributed by atoms with Gasteiger partial charge in [0.15, 0.2) is 0 Å². The molecule has 7 heteroatoms. The van der Waals surface area contributed by atoms with E-state index in [2.05, 4.69) is 15.7 Å². The van der Waals surface area contributed by atoms with Crippen LogP contribution < -0.4 is 15.5 Å². The Balaban J connectivity index is 1.65. The quantitative estimate of drug-likeness (QED) is 0.860. The van der Waals surface area contributed by atoms with Crippen LogP contribution in [0.4, 0.5) is 11.4 Å². The lowest BCUT2D eigenvalue weighted by Crippen LogP contribution is -2.47. The van der Waals surface area contributed by atoms with E-state index in [-0.39, 0.29) is 17.9 Å². The Kier molecular flexibility index (Phi) is 5.02. The largest absolute Gasteiger partial charge is 0.374 e. The summed E-state index contributed by atoms with van der Waals surface area (Å²) in [5.41, 5.74) is 2.66. The zero-order chi connectivity index (χ0) is 17.8. The number of aryl methyl sites for hydroxylation is 1. The third kappa shape index (κ3) is 3.99. The molecule has 2 aromatic rings. The minimum absolute atomic E-state index is 0.0183. The van der Waals surface area contributed by atoms with Crippen LogP contribution in [0.25, 0.3) is 0 Å². The summed E-state index contributed by atoms with van der Waals surface area (Å²) in [5, 5.41) is 10.1. The number of rotatable bonds is 5. The van der Waals surface area contributed by atoms with E-state index in [0.717, 1.165) is 29.8 Å². The van der Waals surface area contributed by atoms with Gasteiger partial charge in [-0.3, -0.25) is 14.3 Å². The van der Waals surface area contributed by atoms with Crippen molar-refractivity contribution in [1.29, 1.82) is 0 Å².